The highest BCUT2D eigenvalue weighted by Gasteiger charge is 2.20. The average Bonchev–Trinajstić information content (AvgIpc) is 3.50. The van der Waals surface area contributed by atoms with Gasteiger partial charge in [-0.05, 0) is 43.2 Å². The average molecular weight is 547 g/mol. The molecule has 0 unspecified atom stereocenters. The van der Waals surface area contributed by atoms with Crippen molar-refractivity contribution >= 4 is 52.2 Å². The van der Waals surface area contributed by atoms with Gasteiger partial charge in [0, 0.05) is 29.1 Å². The van der Waals surface area contributed by atoms with Crippen LogP contribution in [0.2, 0.25) is 10.0 Å². The Labute approximate surface area is 223 Å². The van der Waals surface area contributed by atoms with Crippen molar-refractivity contribution in [3.63, 3.8) is 0 Å². The van der Waals surface area contributed by atoms with Crippen LogP contribution in [0.5, 0.6) is 0 Å². The van der Waals surface area contributed by atoms with Gasteiger partial charge in [-0.2, -0.15) is 0 Å². The molecule has 4 rings (SSSR count). The van der Waals surface area contributed by atoms with E-state index in [0.717, 1.165) is 42.2 Å². The fourth-order valence-electron chi connectivity index (χ4n) is 3.65. The molecule has 2 aromatic carbocycles. The summed E-state index contributed by atoms with van der Waals surface area (Å²) in [5, 5.41) is 13.5. The number of hydrogen-bond acceptors (Lipinski definition) is 6. The van der Waals surface area contributed by atoms with Crippen LogP contribution in [0.3, 0.4) is 0 Å². The van der Waals surface area contributed by atoms with Crippen LogP contribution >= 0.6 is 46.3 Å². The Morgan fingerprint density at radius 1 is 1.06 bits per heavy atom. The third-order valence-electron chi connectivity index (χ3n) is 5.18. The second-order valence-corrected chi connectivity index (χ2v) is 10.5. The standard InChI is InChI=1S/C25H25Cl2N5OS2/c1-3-12-31(13-4-2)24(33)21-15-34-22(28-21)16-35-25-30-29-23(19-10-5-6-11-20(19)27)32(25)18-9-7-8-17(26)14-18/h5-11,14-15H,3-4,12-13,16H2,1-2H3. The Bertz CT molecular complexity index is 1300. The van der Waals surface area contributed by atoms with Crippen LogP contribution in [0.1, 0.15) is 42.2 Å². The van der Waals surface area contributed by atoms with Crippen molar-refractivity contribution in [2.24, 2.45) is 0 Å². The first kappa shape index (κ1) is 25.7. The molecular weight excluding hydrogens is 521 g/mol. The van der Waals surface area contributed by atoms with Crippen LogP contribution in [0.15, 0.2) is 59.1 Å². The first-order valence-corrected chi connectivity index (χ1v) is 14.0. The molecule has 182 valence electrons. The molecule has 4 aromatic rings. The predicted molar refractivity (Wildman–Crippen MR) is 145 cm³/mol. The third kappa shape index (κ3) is 6.06. The highest BCUT2D eigenvalue weighted by Crippen LogP contribution is 2.34. The van der Waals surface area contributed by atoms with E-state index in [0.29, 0.717) is 32.5 Å². The van der Waals surface area contributed by atoms with Gasteiger partial charge in [-0.25, -0.2) is 4.98 Å². The molecule has 6 nitrogen and oxygen atoms in total. The number of thiazole rings is 1. The summed E-state index contributed by atoms with van der Waals surface area (Å²) in [6.45, 7) is 5.63. The van der Waals surface area contributed by atoms with Gasteiger partial charge in [-0.15, -0.1) is 21.5 Å². The first-order valence-electron chi connectivity index (χ1n) is 11.3. The smallest absolute Gasteiger partial charge is 0.273 e. The SMILES string of the molecule is CCCN(CCC)C(=O)c1csc(CSc2nnc(-c3ccccc3Cl)n2-c2cccc(Cl)c2)n1. The van der Waals surface area contributed by atoms with Gasteiger partial charge in [0.05, 0.1) is 16.5 Å². The van der Waals surface area contributed by atoms with E-state index in [-0.39, 0.29) is 5.91 Å². The maximum Gasteiger partial charge on any atom is 0.273 e. The molecule has 0 aliphatic heterocycles. The number of nitrogens with zero attached hydrogens (tertiary/aromatic N) is 5. The molecule has 0 radical (unpaired) electrons. The van der Waals surface area contributed by atoms with Crippen molar-refractivity contribution in [3.8, 4) is 17.1 Å². The Morgan fingerprint density at radius 3 is 2.54 bits per heavy atom. The topological polar surface area (TPSA) is 63.9 Å². The van der Waals surface area contributed by atoms with Gasteiger partial charge in [0.1, 0.15) is 10.7 Å². The minimum atomic E-state index is -0.00991. The number of aromatic nitrogens is 4. The van der Waals surface area contributed by atoms with Crippen molar-refractivity contribution in [1.29, 1.82) is 0 Å². The molecule has 2 aromatic heterocycles. The lowest BCUT2D eigenvalue weighted by Crippen LogP contribution is -2.32. The second kappa shape index (κ2) is 12.0. The van der Waals surface area contributed by atoms with Gasteiger partial charge in [0.2, 0.25) is 0 Å². The van der Waals surface area contributed by atoms with Gasteiger partial charge in [-0.3, -0.25) is 9.36 Å². The third-order valence-corrected chi connectivity index (χ3v) is 7.72. The summed E-state index contributed by atoms with van der Waals surface area (Å²) >= 11 is 15.7. The summed E-state index contributed by atoms with van der Waals surface area (Å²) in [7, 11) is 0. The van der Waals surface area contributed by atoms with Crippen molar-refractivity contribution in [2.45, 2.75) is 37.6 Å². The molecule has 0 spiro atoms. The van der Waals surface area contributed by atoms with Crippen LogP contribution in [0, 0.1) is 0 Å². The Balaban J connectivity index is 1.60. The summed E-state index contributed by atoms with van der Waals surface area (Å²) in [4.78, 5) is 19.4. The number of amides is 1. The minimum Gasteiger partial charge on any atom is -0.337 e. The number of rotatable bonds is 10. The number of benzene rings is 2. The zero-order valence-electron chi connectivity index (χ0n) is 19.4. The Kier molecular flexibility index (Phi) is 8.83. The van der Waals surface area contributed by atoms with Crippen molar-refractivity contribution in [1.82, 2.24) is 24.6 Å². The van der Waals surface area contributed by atoms with Gasteiger partial charge in [0.15, 0.2) is 11.0 Å². The molecule has 0 fully saturated rings. The van der Waals surface area contributed by atoms with Crippen LogP contribution in [0.4, 0.5) is 0 Å². The largest absolute Gasteiger partial charge is 0.337 e. The quantitative estimate of drug-likeness (QED) is 0.196. The molecule has 0 aliphatic rings. The molecule has 0 saturated heterocycles. The van der Waals surface area contributed by atoms with Crippen molar-refractivity contribution in [2.75, 3.05) is 13.1 Å². The van der Waals surface area contributed by atoms with Crippen molar-refractivity contribution < 1.29 is 4.79 Å². The zero-order chi connectivity index (χ0) is 24.8. The highest BCUT2D eigenvalue weighted by molar-refractivity contribution is 7.98. The van der Waals surface area contributed by atoms with E-state index in [2.05, 4.69) is 29.0 Å². The summed E-state index contributed by atoms with van der Waals surface area (Å²) in [5.74, 6) is 1.18. The lowest BCUT2D eigenvalue weighted by molar-refractivity contribution is 0.0750. The molecule has 0 saturated carbocycles. The van der Waals surface area contributed by atoms with Crippen LogP contribution in [-0.4, -0.2) is 43.6 Å². The summed E-state index contributed by atoms with van der Waals surface area (Å²) in [6, 6.07) is 15.1. The van der Waals surface area contributed by atoms with Crippen LogP contribution < -0.4 is 0 Å². The maximum atomic E-state index is 12.9. The number of thioether (sulfide) groups is 1. The lowest BCUT2D eigenvalue weighted by atomic mass is 10.2. The maximum absolute atomic E-state index is 12.9. The van der Waals surface area contributed by atoms with E-state index in [1.165, 1.54) is 23.1 Å². The van der Waals surface area contributed by atoms with E-state index in [4.69, 9.17) is 23.2 Å². The highest BCUT2D eigenvalue weighted by atomic mass is 35.5. The van der Waals surface area contributed by atoms with E-state index < -0.39 is 0 Å². The molecule has 0 atom stereocenters. The number of halogens is 2. The first-order chi connectivity index (χ1) is 17.0. The fraction of sp³-hybridized carbons (Fsp3) is 0.280. The summed E-state index contributed by atoms with van der Waals surface area (Å²) in [5.41, 5.74) is 2.12. The Morgan fingerprint density at radius 2 is 1.83 bits per heavy atom. The lowest BCUT2D eigenvalue weighted by Gasteiger charge is -2.20. The molecule has 0 N–H and O–H groups in total. The van der Waals surface area contributed by atoms with E-state index >= 15 is 0 Å². The number of carbonyl (C=O) groups is 1. The fourth-order valence-corrected chi connectivity index (χ4v) is 5.79. The van der Waals surface area contributed by atoms with Crippen LogP contribution in [0.25, 0.3) is 17.1 Å². The number of hydrogen-bond donors (Lipinski definition) is 0. The zero-order valence-corrected chi connectivity index (χ0v) is 22.6. The monoisotopic (exact) mass is 545 g/mol. The molecule has 0 aliphatic carbocycles. The molecule has 10 heteroatoms. The minimum absolute atomic E-state index is 0.00991. The number of carbonyl (C=O) groups excluding carboxylic acids is 1. The van der Waals surface area contributed by atoms with Crippen molar-refractivity contribution in [3.05, 3.63) is 74.7 Å². The molecular formula is C25H25Cl2N5OS2. The van der Waals surface area contributed by atoms with E-state index in [9.17, 15) is 4.79 Å². The van der Waals surface area contributed by atoms with E-state index in [1.807, 2.05) is 63.4 Å². The van der Waals surface area contributed by atoms with Gasteiger partial charge < -0.3 is 4.90 Å². The summed E-state index contributed by atoms with van der Waals surface area (Å²) < 4.78 is 1.95. The van der Waals surface area contributed by atoms with Gasteiger partial charge in [-0.1, -0.05) is 67.0 Å². The summed E-state index contributed by atoms with van der Waals surface area (Å²) in [6.07, 6.45) is 1.84. The predicted octanol–water partition coefficient (Wildman–Crippen LogP) is 7.25. The molecule has 1 amide bonds. The normalized spacial score (nSPS) is 11.1. The Hall–Kier alpha value is -2.39. The van der Waals surface area contributed by atoms with E-state index in [1.54, 1.807) is 0 Å². The van der Waals surface area contributed by atoms with Gasteiger partial charge in [0.25, 0.3) is 5.91 Å². The molecule has 35 heavy (non-hydrogen) atoms. The molecule has 0 bridgehead atoms. The van der Waals surface area contributed by atoms with Crippen LogP contribution in [-0.2, 0) is 5.75 Å². The second-order valence-electron chi connectivity index (χ2n) is 7.81. The molecule has 2 heterocycles. The van der Waals surface area contributed by atoms with Gasteiger partial charge >= 0.3 is 0 Å².